The SMILES string of the molecule is C[C@H]1c2cccc(O)c2C(=O)C2C(=O)[C@]3(O)C(=O)C(C(N)=O)C(=O)[C@@H](N(C)C)C3[C@@H](O)C21. The number of Topliss-reactive ketones (excluding diaryl/α,β-unsaturated/α-hetero) is 4. The number of primary amides is 1. The highest BCUT2D eigenvalue weighted by Crippen LogP contribution is 2.54. The summed E-state index contributed by atoms with van der Waals surface area (Å²) in [6.45, 7) is 1.66. The average Bonchev–Trinajstić information content (AvgIpc) is 2.70. The van der Waals surface area contributed by atoms with Gasteiger partial charge in [0.05, 0.1) is 29.5 Å². The molecule has 0 bridgehead atoms. The molecule has 4 rings (SSSR count). The zero-order valence-electron chi connectivity index (χ0n) is 17.7. The summed E-state index contributed by atoms with van der Waals surface area (Å²) in [5.41, 5.74) is 2.58. The molecule has 0 spiro atoms. The third kappa shape index (κ3) is 2.54. The van der Waals surface area contributed by atoms with Gasteiger partial charge in [0.1, 0.15) is 5.75 Å². The van der Waals surface area contributed by atoms with Crippen molar-refractivity contribution in [3.8, 4) is 5.75 Å². The van der Waals surface area contributed by atoms with Gasteiger partial charge in [0, 0.05) is 5.92 Å². The van der Waals surface area contributed by atoms with Gasteiger partial charge < -0.3 is 21.1 Å². The number of rotatable bonds is 2. The fourth-order valence-electron chi connectivity index (χ4n) is 5.95. The Morgan fingerprint density at radius 1 is 1.12 bits per heavy atom. The molecule has 2 fully saturated rings. The molecule has 10 heteroatoms. The summed E-state index contributed by atoms with van der Waals surface area (Å²) in [4.78, 5) is 66.3. The van der Waals surface area contributed by atoms with Crippen LogP contribution in [0, 0.1) is 23.7 Å². The molecule has 5 N–H and O–H groups in total. The van der Waals surface area contributed by atoms with E-state index in [1.807, 2.05) is 0 Å². The number of hydrogen-bond donors (Lipinski definition) is 4. The molecule has 0 aliphatic heterocycles. The van der Waals surface area contributed by atoms with Gasteiger partial charge in [-0.15, -0.1) is 0 Å². The van der Waals surface area contributed by atoms with Gasteiger partial charge in [-0.3, -0.25) is 28.9 Å². The Hall–Kier alpha value is -2.95. The molecule has 3 aliphatic carbocycles. The quantitative estimate of drug-likeness (QED) is 0.391. The second-order valence-corrected chi connectivity index (χ2v) is 9.11. The van der Waals surface area contributed by atoms with Gasteiger partial charge in [-0.1, -0.05) is 19.1 Å². The van der Waals surface area contributed by atoms with Crippen LogP contribution < -0.4 is 5.73 Å². The van der Waals surface area contributed by atoms with Crippen molar-refractivity contribution in [3.63, 3.8) is 0 Å². The Bertz CT molecular complexity index is 1080. The summed E-state index contributed by atoms with van der Waals surface area (Å²) < 4.78 is 0. The zero-order chi connectivity index (χ0) is 23.9. The summed E-state index contributed by atoms with van der Waals surface area (Å²) in [7, 11) is 2.89. The van der Waals surface area contributed by atoms with Gasteiger partial charge in [-0.05, 0) is 31.6 Å². The van der Waals surface area contributed by atoms with Crippen LogP contribution in [0.2, 0.25) is 0 Å². The zero-order valence-corrected chi connectivity index (χ0v) is 17.7. The van der Waals surface area contributed by atoms with Gasteiger partial charge in [-0.2, -0.15) is 0 Å². The smallest absolute Gasteiger partial charge is 0.235 e. The summed E-state index contributed by atoms with van der Waals surface area (Å²) in [6, 6.07) is 3.03. The molecular formula is C22H24N2O8. The first kappa shape index (κ1) is 22.3. The minimum Gasteiger partial charge on any atom is -0.507 e. The third-order valence-electron chi connectivity index (χ3n) is 7.35. The molecule has 2 saturated carbocycles. The molecule has 0 radical (unpaired) electrons. The Morgan fingerprint density at radius 3 is 2.31 bits per heavy atom. The van der Waals surface area contributed by atoms with Gasteiger partial charge in [-0.25, -0.2) is 0 Å². The van der Waals surface area contributed by atoms with Crippen LogP contribution >= 0.6 is 0 Å². The summed E-state index contributed by atoms with van der Waals surface area (Å²) >= 11 is 0. The van der Waals surface area contributed by atoms with Crippen molar-refractivity contribution in [1.82, 2.24) is 4.90 Å². The summed E-state index contributed by atoms with van der Waals surface area (Å²) in [5.74, 6) is -13.1. The summed E-state index contributed by atoms with van der Waals surface area (Å²) in [5, 5.41) is 33.1. The number of aliphatic hydroxyl groups is 2. The first-order valence-corrected chi connectivity index (χ1v) is 10.2. The Morgan fingerprint density at radius 2 is 1.75 bits per heavy atom. The number of carbonyl (C=O) groups is 5. The molecule has 10 nitrogen and oxygen atoms in total. The maximum atomic E-state index is 13.6. The second kappa shape index (κ2) is 7.03. The monoisotopic (exact) mass is 444 g/mol. The van der Waals surface area contributed by atoms with Gasteiger partial charge in [0.15, 0.2) is 34.7 Å². The molecule has 0 saturated heterocycles. The summed E-state index contributed by atoms with van der Waals surface area (Å²) in [6.07, 6.45) is -1.62. The van der Waals surface area contributed by atoms with Crippen LogP contribution in [-0.2, 0) is 19.2 Å². The van der Waals surface area contributed by atoms with Crippen LogP contribution in [0.4, 0.5) is 0 Å². The van der Waals surface area contributed by atoms with E-state index >= 15 is 0 Å². The molecule has 1 amide bonds. The van der Waals surface area contributed by atoms with Crippen LogP contribution in [0.1, 0.15) is 28.8 Å². The minimum absolute atomic E-state index is 0.112. The highest BCUT2D eigenvalue weighted by molar-refractivity contribution is 6.32. The van der Waals surface area contributed by atoms with E-state index in [1.54, 1.807) is 13.0 Å². The van der Waals surface area contributed by atoms with Gasteiger partial charge in [0.25, 0.3) is 0 Å². The van der Waals surface area contributed by atoms with E-state index in [0.717, 1.165) is 0 Å². The topological polar surface area (TPSA) is 175 Å². The first-order chi connectivity index (χ1) is 14.9. The standard InChI is InChI=1S/C22H24N2O8/c1-7-8-5-4-6-9(25)11(8)16(26)12-10(7)17(27)14-15(24(2)3)18(28)13(21(23)31)20(30)22(14,32)19(12)29/h4-7,10,12-15,17,25,27,32H,1-3H3,(H2,23,31)/t7-,10?,12?,13?,14?,15-,17-,22-/m0/s1. The van der Waals surface area contributed by atoms with Crippen molar-refractivity contribution in [2.75, 3.05) is 14.1 Å². The van der Waals surface area contributed by atoms with E-state index in [1.165, 1.54) is 31.1 Å². The molecule has 8 atom stereocenters. The molecule has 0 heterocycles. The molecular weight excluding hydrogens is 420 g/mol. The number of amides is 1. The molecule has 1 aromatic carbocycles. The highest BCUT2D eigenvalue weighted by atomic mass is 16.3. The van der Waals surface area contributed by atoms with E-state index < -0.39 is 76.4 Å². The Labute approximate surface area is 183 Å². The second-order valence-electron chi connectivity index (χ2n) is 9.11. The maximum absolute atomic E-state index is 13.6. The van der Waals surface area contributed by atoms with Crippen LogP contribution in [-0.4, -0.2) is 81.1 Å². The van der Waals surface area contributed by atoms with Crippen LogP contribution in [0.5, 0.6) is 5.75 Å². The van der Waals surface area contributed by atoms with Crippen LogP contribution in [0.25, 0.3) is 0 Å². The Balaban J connectivity index is 1.96. The lowest BCUT2D eigenvalue weighted by atomic mass is 9.49. The van der Waals surface area contributed by atoms with E-state index in [-0.39, 0.29) is 11.3 Å². The number of aromatic hydroxyl groups is 1. The highest BCUT2D eigenvalue weighted by Gasteiger charge is 2.72. The number of hydrogen-bond acceptors (Lipinski definition) is 9. The largest absolute Gasteiger partial charge is 0.507 e. The molecule has 32 heavy (non-hydrogen) atoms. The van der Waals surface area contributed by atoms with E-state index in [2.05, 4.69) is 0 Å². The van der Waals surface area contributed by atoms with Gasteiger partial charge in [0.2, 0.25) is 5.91 Å². The maximum Gasteiger partial charge on any atom is 0.235 e. The lowest BCUT2D eigenvalue weighted by Crippen LogP contribution is -2.77. The molecule has 1 aromatic rings. The van der Waals surface area contributed by atoms with E-state index in [9.17, 15) is 39.3 Å². The number of nitrogens with two attached hydrogens (primary N) is 1. The number of ketones is 4. The lowest BCUT2D eigenvalue weighted by Gasteiger charge is -2.55. The Kier molecular flexibility index (Phi) is 4.89. The number of phenolic OH excluding ortho intramolecular Hbond substituents is 1. The first-order valence-electron chi connectivity index (χ1n) is 10.2. The van der Waals surface area contributed by atoms with Crippen LogP contribution in [0.3, 0.4) is 0 Å². The molecule has 0 aromatic heterocycles. The van der Waals surface area contributed by atoms with E-state index in [4.69, 9.17) is 5.73 Å². The normalized spacial score (nSPS) is 38.9. The number of carbonyl (C=O) groups excluding carboxylic acids is 5. The van der Waals surface area contributed by atoms with Crippen molar-refractivity contribution in [3.05, 3.63) is 29.3 Å². The van der Waals surface area contributed by atoms with E-state index in [0.29, 0.717) is 5.56 Å². The fourth-order valence-corrected chi connectivity index (χ4v) is 5.95. The van der Waals surface area contributed by atoms with Gasteiger partial charge >= 0.3 is 0 Å². The average molecular weight is 444 g/mol. The van der Waals surface area contributed by atoms with Crippen molar-refractivity contribution in [1.29, 1.82) is 0 Å². The number of phenols is 1. The molecule has 3 aliphatic rings. The predicted octanol–water partition coefficient (Wildman–Crippen LogP) is -1.60. The van der Waals surface area contributed by atoms with Crippen molar-refractivity contribution >= 4 is 29.0 Å². The number of fused-ring (bicyclic) bond motifs is 3. The van der Waals surface area contributed by atoms with Crippen molar-refractivity contribution < 1.29 is 39.3 Å². The van der Waals surface area contributed by atoms with Crippen LogP contribution in [0.15, 0.2) is 18.2 Å². The third-order valence-corrected chi connectivity index (χ3v) is 7.35. The van der Waals surface area contributed by atoms with Crippen molar-refractivity contribution in [2.24, 2.45) is 29.4 Å². The lowest BCUT2D eigenvalue weighted by molar-refractivity contribution is -0.196. The minimum atomic E-state index is -2.97. The predicted molar refractivity (Wildman–Crippen MR) is 107 cm³/mol. The number of aliphatic hydroxyl groups excluding tert-OH is 1. The molecule has 4 unspecified atom stereocenters. The number of benzene rings is 1. The van der Waals surface area contributed by atoms with Crippen molar-refractivity contribution in [2.45, 2.75) is 30.6 Å². The number of likely N-dealkylation sites (N-methyl/N-ethyl adjacent to an activating group) is 1. The fraction of sp³-hybridized carbons (Fsp3) is 0.500. The molecule has 170 valence electrons. The number of nitrogens with zero attached hydrogens (tertiary/aromatic N) is 1.